The molecule has 0 aromatic heterocycles. The second kappa shape index (κ2) is 7.91. The van der Waals surface area contributed by atoms with Crippen LogP contribution in [0.5, 0.6) is 0 Å². The summed E-state index contributed by atoms with van der Waals surface area (Å²) in [6.45, 7) is 3.74. The van der Waals surface area contributed by atoms with Crippen LogP contribution in [0.1, 0.15) is 46.0 Å². The molecule has 0 aliphatic heterocycles. The third-order valence-corrected chi connectivity index (χ3v) is 2.44. The van der Waals surface area contributed by atoms with Crippen molar-refractivity contribution in [3.63, 3.8) is 0 Å². The molecule has 90 valence electrons. The minimum absolute atomic E-state index is 0.146. The second-order valence-corrected chi connectivity index (χ2v) is 3.91. The fourth-order valence-electron chi connectivity index (χ4n) is 1.34. The quantitative estimate of drug-likeness (QED) is 0.441. The van der Waals surface area contributed by atoms with Gasteiger partial charge < -0.3 is 0 Å². The Hall–Kier alpha value is -1.32. The lowest BCUT2D eigenvalue weighted by Gasteiger charge is -2.07. The maximum Gasteiger partial charge on any atom is 0.201 e. The third kappa shape index (κ3) is 5.53. The number of Topliss-reactive ketones (excluding diaryl/α,β-unsaturated/α-hetero) is 3. The van der Waals surface area contributed by atoms with Crippen LogP contribution in [0, 0.1) is 5.92 Å². The van der Waals surface area contributed by atoms with Crippen LogP contribution in [-0.2, 0) is 19.2 Å². The third-order valence-electron chi connectivity index (χ3n) is 2.44. The Morgan fingerprint density at radius 2 is 1.81 bits per heavy atom. The van der Waals surface area contributed by atoms with E-state index in [4.69, 9.17) is 0 Å². The summed E-state index contributed by atoms with van der Waals surface area (Å²) in [7, 11) is 0. The summed E-state index contributed by atoms with van der Waals surface area (Å²) in [4.78, 5) is 43.5. The number of rotatable bonds is 9. The van der Waals surface area contributed by atoms with Crippen molar-refractivity contribution in [2.45, 2.75) is 46.0 Å². The first-order chi connectivity index (χ1) is 7.52. The average molecular weight is 226 g/mol. The summed E-state index contributed by atoms with van der Waals surface area (Å²) in [5.41, 5.74) is 0. The molecule has 0 rings (SSSR count). The first-order valence-electron chi connectivity index (χ1n) is 5.58. The van der Waals surface area contributed by atoms with Crippen molar-refractivity contribution in [1.82, 2.24) is 0 Å². The molecular weight excluding hydrogens is 208 g/mol. The van der Waals surface area contributed by atoms with E-state index < -0.39 is 17.3 Å². The molecule has 4 nitrogen and oxygen atoms in total. The van der Waals surface area contributed by atoms with Crippen molar-refractivity contribution < 1.29 is 19.2 Å². The van der Waals surface area contributed by atoms with E-state index >= 15 is 0 Å². The van der Waals surface area contributed by atoms with Crippen molar-refractivity contribution in [3.05, 3.63) is 0 Å². The molecule has 0 fully saturated rings. The van der Waals surface area contributed by atoms with E-state index in [2.05, 4.69) is 0 Å². The number of aldehydes is 1. The van der Waals surface area contributed by atoms with Crippen LogP contribution in [0.4, 0.5) is 0 Å². The molecule has 0 radical (unpaired) electrons. The Balaban J connectivity index is 4.02. The molecule has 0 saturated carbocycles. The highest BCUT2D eigenvalue weighted by molar-refractivity contribution is 6.38. The van der Waals surface area contributed by atoms with E-state index in [1.165, 1.54) is 0 Å². The van der Waals surface area contributed by atoms with Gasteiger partial charge in [-0.3, -0.25) is 19.2 Å². The average Bonchev–Trinajstić information content (AvgIpc) is 2.31. The highest BCUT2D eigenvalue weighted by Crippen LogP contribution is 2.10. The maximum absolute atomic E-state index is 11.5. The number of carbonyl (C=O) groups is 4. The van der Waals surface area contributed by atoms with Gasteiger partial charge in [0.05, 0.1) is 0 Å². The van der Waals surface area contributed by atoms with Gasteiger partial charge in [0.2, 0.25) is 5.78 Å². The molecule has 1 unspecified atom stereocenters. The van der Waals surface area contributed by atoms with E-state index in [-0.39, 0.29) is 25.0 Å². The van der Waals surface area contributed by atoms with Crippen LogP contribution in [0.2, 0.25) is 0 Å². The van der Waals surface area contributed by atoms with Crippen molar-refractivity contribution >= 4 is 23.6 Å². The SMILES string of the molecule is CCCCC(C)C(=O)C(=O)CCC(=O)C=O. The van der Waals surface area contributed by atoms with Crippen LogP contribution in [0.3, 0.4) is 0 Å². The summed E-state index contributed by atoms with van der Waals surface area (Å²) < 4.78 is 0. The van der Waals surface area contributed by atoms with Gasteiger partial charge in [0.1, 0.15) is 0 Å². The summed E-state index contributed by atoms with van der Waals surface area (Å²) in [6.07, 6.45) is 2.46. The predicted molar refractivity (Wildman–Crippen MR) is 59.0 cm³/mol. The normalized spacial score (nSPS) is 11.9. The zero-order valence-corrected chi connectivity index (χ0v) is 9.82. The summed E-state index contributed by atoms with van der Waals surface area (Å²) in [5, 5.41) is 0. The van der Waals surface area contributed by atoms with E-state index in [0.29, 0.717) is 6.42 Å². The predicted octanol–water partition coefficient (Wildman–Crippen LogP) is 1.50. The van der Waals surface area contributed by atoms with Crippen LogP contribution >= 0.6 is 0 Å². The van der Waals surface area contributed by atoms with Gasteiger partial charge >= 0.3 is 0 Å². The Morgan fingerprint density at radius 1 is 1.19 bits per heavy atom. The van der Waals surface area contributed by atoms with Gasteiger partial charge in [-0.2, -0.15) is 0 Å². The lowest BCUT2D eigenvalue weighted by molar-refractivity contribution is -0.139. The molecule has 0 amide bonds. The largest absolute Gasteiger partial charge is 0.295 e. The Labute approximate surface area is 95.4 Å². The second-order valence-electron chi connectivity index (χ2n) is 3.91. The molecule has 4 heteroatoms. The Kier molecular flexibility index (Phi) is 7.25. The van der Waals surface area contributed by atoms with Crippen LogP contribution < -0.4 is 0 Å². The van der Waals surface area contributed by atoms with Gasteiger partial charge in [-0.25, -0.2) is 0 Å². The molecule has 0 aliphatic carbocycles. The van der Waals surface area contributed by atoms with Gasteiger partial charge in [-0.1, -0.05) is 26.7 Å². The number of carbonyl (C=O) groups excluding carboxylic acids is 4. The van der Waals surface area contributed by atoms with E-state index in [9.17, 15) is 19.2 Å². The van der Waals surface area contributed by atoms with E-state index in [1.54, 1.807) is 6.92 Å². The molecule has 0 aromatic carbocycles. The number of unbranched alkanes of at least 4 members (excludes halogenated alkanes) is 1. The number of hydrogen-bond acceptors (Lipinski definition) is 4. The van der Waals surface area contributed by atoms with Gasteiger partial charge in [0.25, 0.3) is 0 Å². The van der Waals surface area contributed by atoms with E-state index in [1.807, 2.05) is 6.92 Å². The van der Waals surface area contributed by atoms with E-state index in [0.717, 1.165) is 12.8 Å². The minimum Gasteiger partial charge on any atom is -0.295 e. The Bertz CT molecular complexity index is 281. The zero-order valence-electron chi connectivity index (χ0n) is 9.82. The molecule has 0 aliphatic rings. The number of hydrogen-bond donors (Lipinski definition) is 0. The standard InChI is InChI=1S/C12H18O4/c1-3-4-5-9(2)12(16)11(15)7-6-10(14)8-13/h8-9H,3-7H2,1-2H3. The molecule has 0 heterocycles. The van der Waals surface area contributed by atoms with Gasteiger partial charge in [0, 0.05) is 18.8 Å². The number of ketones is 3. The summed E-state index contributed by atoms with van der Waals surface area (Å²) >= 11 is 0. The first kappa shape index (κ1) is 14.7. The molecule has 0 aromatic rings. The van der Waals surface area contributed by atoms with Gasteiger partial charge in [-0.15, -0.1) is 0 Å². The van der Waals surface area contributed by atoms with Crippen LogP contribution in [-0.4, -0.2) is 23.6 Å². The smallest absolute Gasteiger partial charge is 0.201 e. The molecule has 16 heavy (non-hydrogen) atoms. The van der Waals surface area contributed by atoms with Crippen molar-refractivity contribution in [2.24, 2.45) is 5.92 Å². The molecule has 0 saturated heterocycles. The molecule has 0 spiro atoms. The topological polar surface area (TPSA) is 68.3 Å². The monoisotopic (exact) mass is 226 g/mol. The minimum atomic E-state index is -0.637. The summed E-state index contributed by atoms with van der Waals surface area (Å²) in [6, 6.07) is 0. The fraction of sp³-hybridized carbons (Fsp3) is 0.667. The lowest BCUT2D eigenvalue weighted by atomic mass is 9.95. The first-order valence-corrected chi connectivity index (χ1v) is 5.58. The maximum atomic E-state index is 11.5. The zero-order chi connectivity index (χ0) is 12.6. The van der Waals surface area contributed by atoms with Crippen molar-refractivity contribution in [1.29, 1.82) is 0 Å². The fourth-order valence-corrected chi connectivity index (χ4v) is 1.34. The molecule has 1 atom stereocenters. The molecule has 0 N–H and O–H groups in total. The molecule has 0 bridgehead atoms. The highest BCUT2D eigenvalue weighted by Gasteiger charge is 2.20. The van der Waals surface area contributed by atoms with Gasteiger partial charge in [-0.05, 0) is 6.42 Å². The molecular formula is C12H18O4. The van der Waals surface area contributed by atoms with Crippen molar-refractivity contribution in [3.8, 4) is 0 Å². The summed E-state index contributed by atoms with van der Waals surface area (Å²) in [5.74, 6) is -1.88. The highest BCUT2D eigenvalue weighted by atomic mass is 16.2. The van der Waals surface area contributed by atoms with Crippen LogP contribution in [0.25, 0.3) is 0 Å². The Morgan fingerprint density at radius 3 is 2.31 bits per heavy atom. The lowest BCUT2D eigenvalue weighted by Crippen LogP contribution is -2.22. The van der Waals surface area contributed by atoms with Crippen molar-refractivity contribution in [2.75, 3.05) is 0 Å². The van der Waals surface area contributed by atoms with Gasteiger partial charge in [0.15, 0.2) is 17.9 Å². The van der Waals surface area contributed by atoms with Crippen LogP contribution in [0.15, 0.2) is 0 Å².